The fourth-order valence-electron chi connectivity index (χ4n) is 4.23. The van der Waals surface area contributed by atoms with E-state index in [0.717, 1.165) is 37.3 Å². The number of nitrogens with zero attached hydrogens (tertiary/aromatic N) is 5. The Labute approximate surface area is 186 Å². The second kappa shape index (κ2) is 8.55. The zero-order chi connectivity index (χ0) is 22.1. The maximum Gasteiger partial charge on any atom is 0.225 e. The van der Waals surface area contributed by atoms with Crippen LogP contribution in [0.2, 0.25) is 0 Å². The predicted octanol–water partition coefficient (Wildman–Crippen LogP) is 4.02. The Balaban J connectivity index is 1.58. The highest BCUT2D eigenvalue weighted by atomic mass is 19.1. The Morgan fingerprint density at radius 2 is 1.88 bits per heavy atom. The molecule has 1 aliphatic rings. The summed E-state index contributed by atoms with van der Waals surface area (Å²) in [6.07, 6.45) is 2.52. The van der Waals surface area contributed by atoms with Gasteiger partial charge in [-0.25, -0.2) is 14.1 Å². The van der Waals surface area contributed by atoms with E-state index in [1.54, 1.807) is 12.1 Å². The molecule has 4 aromatic rings. The lowest BCUT2D eigenvalue weighted by atomic mass is 10.1. The van der Waals surface area contributed by atoms with Crippen molar-refractivity contribution in [2.45, 2.75) is 19.8 Å². The molecule has 0 radical (unpaired) electrons. The quantitative estimate of drug-likeness (QED) is 0.480. The van der Waals surface area contributed by atoms with Crippen molar-refractivity contribution in [2.24, 2.45) is 0 Å². The molecule has 7 nitrogen and oxygen atoms in total. The van der Waals surface area contributed by atoms with E-state index >= 15 is 0 Å². The van der Waals surface area contributed by atoms with Gasteiger partial charge in [0.2, 0.25) is 5.95 Å². The van der Waals surface area contributed by atoms with Crippen LogP contribution in [0, 0.1) is 12.7 Å². The molecule has 2 aromatic carbocycles. The second-order valence-electron chi connectivity index (χ2n) is 8.22. The number of anilines is 2. The molecule has 2 aromatic heterocycles. The van der Waals surface area contributed by atoms with Crippen LogP contribution in [0.15, 0.2) is 48.5 Å². The lowest BCUT2D eigenvalue weighted by Gasteiger charge is -2.15. The van der Waals surface area contributed by atoms with Crippen molar-refractivity contribution in [2.75, 3.05) is 37.2 Å². The zero-order valence-corrected chi connectivity index (χ0v) is 18.1. The van der Waals surface area contributed by atoms with Gasteiger partial charge in [0, 0.05) is 18.7 Å². The summed E-state index contributed by atoms with van der Waals surface area (Å²) in [5, 5.41) is 8.61. The molecule has 3 N–H and O–H groups in total. The fourth-order valence-corrected chi connectivity index (χ4v) is 4.23. The van der Waals surface area contributed by atoms with Crippen LogP contribution in [0.1, 0.15) is 18.4 Å². The van der Waals surface area contributed by atoms with Crippen molar-refractivity contribution in [3.05, 3.63) is 59.9 Å². The minimum Gasteiger partial charge on any atom is -0.383 e. The molecule has 0 saturated carbocycles. The van der Waals surface area contributed by atoms with Crippen molar-refractivity contribution < 1.29 is 4.39 Å². The minimum absolute atomic E-state index is 0.351. The van der Waals surface area contributed by atoms with E-state index in [1.807, 2.05) is 25.1 Å². The third-order valence-electron chi connectivity index (χ3n) is 5.82. The molecule has 0 spiro atoms. The monoisotopic (exact) mass is 431 g/mol. The fraction of sp³-hybridized carbons (Fsp3) is 0.292. The maximum atomic E-state index is 13.8. The van der Waals surface area contributed by atoms with Crippen LogP contribution in [0.3, 0.4) is 0 Å². The topological polar surface area (TPSA) is 84.9 Å². The van der Waals surface area contributed by atoms with E-state index in [4.69, 9.17) is 10.7 Å². The SMILES string of the molecule is Cc1cccc(-c2nc(NCCN3CCCC3)nc3nn(-c4cccc(F)c4)c(N)c23)c1. The van der Waals surface area contributed by atoms with Gasteiger partial charge < -0.3 is 16.0 Å². The first-order chi connectivity index (χ1) is 15.6. The Kier molecular flexibility index (Phi) is 5.45. The van der Waals surface area contributed by atoms with Crippen LogP contribution in [0.5, 0.6) is 0 Å². The third-order valence-corrected chi connectivity index (χ3v) is 5.82. The molecule has 8 heteroatoms. The van der Waals surface area contributed by atoms with Gasteiger partial charge in [0.25, 0.3) is 0 Å². The molecule has 1 aliphatic heterocycles. The van der Waals surface area contributed by atoms with E-state index in [1.165, 1.54) is 29.7 Å². The van der Waals surface area contributed by atoms with E-state index in [9.17, 15) is 4.39 Å². The number of aryl methyl sites for hydroxylation is 1. The third kappa shape index (κ3) is 4.01. The summed E-state index contributed by atoms with van der Waals surface area (Å²) in [5.74, 6) is 0.540. The number of likely N-dealkylation sites (tertiary alicyclic amines) is 1. The Bertz CT molecular complexity index is 1260. The van der Waals surface area contributed by atoms with Crippen LogP contribution in [0.4, 0.5) is 16.2 Å². The predicted molar refractivity (Wildman–Crippen MR) is 125 cm³/mol. The van der Waals surface area contributed by atoms with Gasteiger partial charge in [-0.3, -0.25) is 0 Å². The van der Waals surface area contributed by atoms with Gasteiger partial charge in [-0.15, -0.1) is 5.10 Å². The second-order valence-corrected chi connectivity index (χ2v) is 8.22. The minimum atomic E-state index is -0.351. The molecular formula is C24H26FN7. The number of nitrogens with two attached hydrogens (primary N) is 1. The highest BCUT2D eigenvalue weighted by molar-refractivity contribution is 5.99. The summed E-state index contributed by atoms with van der Waals surface area (Å²) in [6, 6.07) is 14.3. The maximum absolute atomic E-state index is 13.8. The summed E-state index contributed by atoms with van der Waals surface area (Å²) in [6.45, 7) is 6.02. The van der Waals surface area contributed by atoms with Crippen molar-refractivity contribution in [1.29, 1.82) is 0 Å². The van der Waals surface area contributed by atoms with E-state index in [-0.39, 0.29) is 5.82 Å². The van der Waals surface area contributed by atoms with Gasteiger partial charge >= 0.3 is 0 Å². The van der Waals surface area contributed by atoms with E-state index in [0.29, 0.717) is 34.2 Å². The lowest BCUT2D eigenvalue weighted by Crippen LogP contribution is -2.26. The molecule has 0 atom stereocenters. The van der Waals surface area contributed by atoms with Crippen LogP contribution < -0.4 is 11.1 Å². The van der Waals surface area contributed by atoms with Crippen molar-refractivity contribution in [3.63, 3.8) is 0 Å². The Morgan fingerprint density at radius 1 is 1.06 bits per heavy atom. The standard InChI is InChI=1S/C24H26FN7/c1-16-6-4-7-17(14-16)21-20-22(26)32(19-9-5-8-18(25)15-19)30-23(20)29-24(28-21)27-10-13-31-11-2-3-12-31/h4-9,14-15H,2-3,10-13,26H2,1H3,(H,27,29,30). The number of hydrogen-bond acceptors (Lipinski definition) is 6. The van der Waals surface area contributed by atoms with E-state index in [2.05, 4.69) is 26.4 Å². The summed E-state index contributed by atoms with van der Waals surface area (Å²) < 4.78 is 15.4. The number of aromatic nitrogens is 4. The molecule has 0 amide bonds. The molecule has 1 saturated heterocycles. The first-order valence-corrected chi connectivity index (χ1v) is 10.9. The molecule has 164 valence electrons. The van der Waals surface area contributed by atoms with Crippen LogP contribution in [-0.2, 0) is 0 Å². The van der Waals surface area contributed by atoms with E-state index < -0.39 is 0 Å². The van der Waals surface area contributed by atoms with Gasteiger partial charge in [0.1, 0.15) is 11.6 Å². The number of nitrogens with one attached hydrogen (secondary N) is 1. The van der Waals surface area contributed by atoms with Gasteiger partial charge in [-0.2, -0.15) is 4.98 Å². The van der Waals surface area contributed by atoms with Gasteiger partial charge in [-0.05, 0) is 57.1 Å². The normalized spacial score (nSPS) is 14.3. The number of halogens is 1. The molecule has 3 heterocycles. The average Bonchev–Trinajstić information content (AvgIpc) is 3.41. The van der Waals surface area contributed by atoms with Crippen LogP contribution in [-0.4, -0.2) is 50.8 Å². The number of fused-ring (bicyclic) bond motifs is 1. The number of benzene rings is 2. The van der Waals surface area contributed by atoms with Gasteiger partial charge in [0.15, 0.2) is 5.65 Å². The Morgan fingerprint density at radius 3 is 2.66 bits per heavy atom. The number of rotatable bonds is 6. The largest absolute Gasteiger partial charge is 0.383 e. The summed E-state index contributed by atoms with van der Waals surface area (Å²) in [4.78, 5) is 11.9. The lowest BCUT2D eigenvalue weighted by molar-refractivity contribution is 0.352. The highest BCUT2D eigenvalue weighted by Gasteiger charge is 2.20. The van der Waals surface area contributed by atoms with Crippen LogP contribution >= 0.6 is 0 Å². The van der Waals surface area contributed by atoms with Crippen LogP contribution in [0.25, 0.3) is 28.0 Å². The van der Waals surface area contributed by atoms with Gasteiger partial charge in [-0.1, -0.05) is 29.8 Å². The highest BCUT2D eigenvalue weighted by Crippen LogP contribution is 2.33. The van der Waals surface area contributed by atoms with Crippen molar-refractivity contribution in [1.82, 2.24) is 24.6 Å². The molecular weight excluding hydrogens is 405 g/mol. The first kappa shape index (κ1) is 20.4. The molecule has 0 bridgehead atoms. The summed E-state index contributed by atoms with van der Waals surface area (Å²) in [7, 11) is 0. The molecule has 5 rings (SSSR count). The summed E-state index contributed by atoms with van der Waals surface area (Å²) in [5.41, 5.74) is 10.3. The molecule has 0 aliphatic carbocycles. The molecule has 0 unspecified atom stereocenters. The smallest absolute Gasteiger partial charge is 0.225 e. The summed E-state index contributed by atoms with van der Waals surface area (Å²) >= 11 is 0. The van der Waals surface area contributed by atoms with Gasteiger partial charge in [0.05, 0.1) is 16.8 Å². The number of hydrogen-bond donors (Lipinski definition) is 2. The first-order valence-electron chi connectivity index (χ1n) is 10.9. The Hall–Kier alpha value is -3.52. The number of nitrogen functional groups attached to an aromatic ring is 1. The molecule has 32 heavy (non-hydrogen) atoms. The van der Waals surface area contributed by atoms with Crippen molar-refractivity contribution in [3.8, 4) is 16.9 Å². The zero-order valence-electron chi connectivity index (χ0n) is 18.1. The average molecular weight is 432 g/mol. The van der Waals surface area contributed by atoms with Crippen molar-refractivity contribution >= 4 is 22.8 Å². The molecule has 1 fully saturated rings.